The quantitative estimate of drug-likeness (QED) is 0.162. The lowest BCUT2D eigenvalue weighted by atomic mass is 10.1. The molecule has 2 rings (SSSR count). The molecule has 0 aliphatic carbocycles. The molecule has 180 valence electrons. The fraction of sp³-hybridized carbons (Fsp3) is 0.478. The Hall–Kier alpha value is -2.46. The van der Waals surface area contributed by atoms with Gasteiger partial charge < -0.3 is 0 Å². The first-order chi connectivity index (χ1) is 15.9. The van der Waals surface area contributed by atoms with Gasteiger partial charge in [-0.15, -0.1) is 0 Å². The summed E-state index contributed by atoms with van der Waals surface area (Å²) < 4.78 is 24.6. The number of nitro groups is 2. The highest BCUT2D eigenvalue weighted by molar-refractivity contribution is 7.85. The van der Waals surface area contributed by atoms with E-state index >= 15 is 0 Å². The Labute approximate surface area is 199 Å². The number of non-ortho nitro benzene ring substituents is 1. The summed E-state index contributed by atoms with van der Waals surface area (Å²) in [6, 6.07) is 12.1. The smallest absolute Gasteiger partial charge is 0.258 e. The fourth-order valence-electron chi connectivity index (χ4n) is 3.45. The highest BCUT2D eigenvalue weighted by Crippen LogP contribution is 2.22. The largest absolute Gasteiger partial charge is 0.285 e. The van der Waals surface area contributed by atoms with Crippen LogP contribution in [0.4, 0.5) is 11.4 Å². The SMILES string of the molecule is O=[N+]([O-])c1ccc(S(=O)CCCCCCCCCCCS(=O)c2ccccc2[N+](=O)[O-])cc1. The molecule has 2 aromatic rings. The predicted octanol–water partition coefficient (Wildman–Crippen LogP) is 5.93. The zero-order valence-electron chi connectivity index (χ0n) is 18.6. The molecular formula is C23H30N2O6S2. The van der Waals surface area contributed by atoms with Crippen molar-refractivity contribution >= 4 is 33.0 Å². The van der Waals surface area contributed by atoms with Gasteiger partial charge >= 0.3 is 0 Å². The summed E-state index contributed by atoms with van der Waals surface area (Å²) in [7, 11) is -2.47. The number of nitro benzene ring substituents is 2. The van der Waals surface area contributed by atoms with Crippen molar-refractivity contribution in [3.8, 4) is 0 Å². The molecule has 2 aromatic carbocycles. The Morgan fingerprint density at radius 3 is 1.61 bits per heavy atom. The third-order valence-electron chi connectivity index (χ3n) is 5.28. The standard InChI is InChI=1S/C23H30N2O6S2/c26-24(27)20-14-16-21(17-15-20)32(30)18-10-6-4-2-1-3-5-7-11-19-33(31)23-13-9-8-12-22(23)25(28)29/h8-9,12-17H,1-7,10-11,18-19H2. The minimum Gasteiger partial charge on any atom is -0.258 e. The van der Waals surface area contributed by atoms with Crippen molar-refractivity contribution in [3.63, 3.8) is 0 Å². The van der Waals surface area contributed by atoms with Crippen LogP contribution in [0.3, 0.4) is 0 Å². The molecule has 2 atom stereocenters. The molecule has 0 aromatic heterocycles. The van der Waals surface area contributed by atoms with Crippen LogP contribution >= 0.6 is 0 Å². The Kier molecular flexibility index (Phi) is 11.9. The Morgan fingerprint density at radius 1 is 0.606 bits per heavy atom. The second kappa shape index (κ2) is 14.6. The molecule has 0 aliphatic rings. The van der Waals surface area contributed by atoms with Crippen LogP contribution in [0.25, 0.3) is 0 Å². The number of benzene rings is 2. The fourth-order valence-corrected chi connectivity index (χ4v) is 5.89. The molecule has 8 nitrogen and oxygen atoms in total. The maximum Gasteiger partial charge on any atom is 0.285 e. The van der Waals surface area contributed by atoms with E-state index < -0.39 is 31.4 Å². The third-order valence-corrected chi connectivity index (χ3v) is 8.23. The molecule has 0 bridgehead atoms. The van der Waals surface area contributed by atoms with Crippen LogP contribution < -0.4 is 0 Å². The monoisotopic (exact) mass is 494 g/mol. The maximum atomic E-state index is 12.3. The normalized spacial score (nSPS) is 12.8. The second-order valence-electron chi connectivity index (χ2n) is 7.76. The topological polar surface area (TPSA) is 120 Å². The van der Waals surface area contributed by atoms with E-state index in [0.29, 0.717) is 21.3 Å². The number of para-hydroxylation sites is 1. The van der Waals surface area contributed by atoms with Crippen molar-refractivity contribution < 1.29 is 18.3 Å². The summed E-state index contributed by atoms with van der Waals surface area (Å²) in [6.45, 7) is 0. The van der Waals surface area contributed by atoms with E-state index in [1.165, 1.54) is 18.2 Å². The van der Waals surface area contributed by atoms with Crippen LogP contribution in [-0.2, 0) is 21.6 Å². The Balaban J connectivity index is 1.49. The molecule has 0 heterocycles. The maximum absolute atomic E-state index is 12.3. The van der Waals surface area contributed by atoms with Gasteiger partial charge in [0.25, 0.3) is 11.4 Å². The van der Waals surface area contributed by atoms with Crippen LogP contribution in [0.1, 0.15) is 57.8 Å². The molecule has 0 amide bonds. The lowest BCUT2D eigenvalue weighted by molar-refractivity contribution is -0.387. The second-order valence-corrected chi connectivity index (χ2v) is 10.9. The number of unbranched alkanes of at least 4 members (excludes halogenated alkanes) is 8. The first-order valence-electron chi connectivity index (χ1n) is 11.1. The summed E-state index contributed by atoms with van der Waals surface area (Å²) in [5.74, 6) is 1.01. The number of rotatable bonds is 16. The average molecular weight is 495 g/mol. The molecule has 33 heavy (non-hydrogen) atoms. The zero-order chi connectivity index (χ0) is 24.1. The lowest BCUT2D eigenvalue weighted by Gasteiger charge is -2.05. The minimum absolute atomic E-state index is 0.00387. The summed E-state index contributed by atoms with van der Waals surface area (Å²) >= 11 is 0. The summed E-state index contributed by atoms with van der Waals surface area (Å²) in [6.07, 6.45) is 9.09. The van der Waals surface area contributed by atoms with Gasteiger partial charge in [-0.2, -0.15) is 0 Å². The lowest BCUT2D eigenvalue weighted by Crippen LogP contribution is -2.02. The van der Waals surface area contributed by atoms with E-state index in [1.54, 1.807) is 30.3 Å². The number of hydrogen-bond acceptors (Lipinski definition) is 6. The van der Waals surface area contributed by atoms with Gasteiger partial charge in [0.05, 0.1) is 31.4 Å². The molecule has 0 spiro atoms. The van der Waals surface area contributed by atoms with Gasteiger partial charge in [0.1, 0.15) is 4.90 Å². The Morgan fingerprint density at radius 2 is 1.09 bits per heavy atom. The molecular weight excluding hydrogens is 464 g/mol. The van der Waals surface area contributed by atoms with Crippen LogP contribution in [0.5, 0.6) is 0 Å². The minimum atomic E-state index is -1.35. The van der Waals surface area contributed by atoms with E-state index in [9.17, 15) is 28.6 Å². The van der Waals surface area contributed by atoms with Crippen molar-refractivity contribution in [2.45, 2.75) is 67.6 Å². The van der Waals surface area contributed by atoms with Gasteiger partial charge in [-0.3, -0.25) is 28.6 Å². The van der Waals surface area contributed by atoms with Crippen molar-refractivity contribution in [1.82, 2.24) is 0 Å². The molecule has 0 saturated heterocycles. The Bertz CT molecular complexity index is 966. The van der Waals surface area contributed by atoms with Crippen molar-refractivity contribution in [1.29, 1.82) is 0 Å². The highest BCUT2D eigenvalue weighted by Gasteiger charge is 2.17. The van der Waals surface area contributed by atoms with Gasteiger partial charge in [-0.25, -0.2) is 0 Å². The van der Waals surface area contributed by atoms with Gasteiger partial charge in [-0.1, -0.05) is 57.1 Å². The third kappa shape index (κ3) is 9.51. The van der Waals surface area contributed by atoms with E-state index in [-0.39, 0.29) is 11.4 Å². The van der Waals surface area contributed by atoms with Crippen LogP contribution in [0.2, 0.25) is 0 Å². The summed E-state index contributed by atoms with van der Waals surface area (Å²) in [4.78, 5) is 21.7. The van der Waals surface area contributed by atoms with E-state index in [2.05, 4.69) is 0 Å². The molecule has 0 fully saturated rings. The first-order valence-corrected chi connectivity index (χ1v) is 13.8. The molecule has 2 unspecified atom stereocenters. The van der Waals surface area contributed by atoms with Crippen LogP contribution in [-0.4, -0.2) is 29.8 Å². The van der Waals surface area contributed by atoms with Gasteiger partial charge in [0, 0.05) is 34.6 Å². The van der Waals surface area contributed by atoms with Crippen LogP contribution in [0.15, 0.2) is 58.3 Å². The average Bonchev–Trinajstić information content (AvgIpc) is 2.82. The molecule has 0 saturated carbocycles. The predicted molar refractivity (Wildman–Crippen MR) is 130 cm³/mol. The van der Waals surface area contributed by atoms with E-state index in [0.717, 1.165) is 57.8 Å². The zero-order valence-corrected chi connectivity index (χ0v) is 20.2. The summed E-state index contributed by atoms with van der Waals surface area (Å²) in [5.41, 5.74) is -0.0726. The van der Waals surface area contributed by atoms with Gasteiger partial charge in [-0.05, 0) is 31.0 Å². The van der Waals surface area contributed by atoms with Gasteiger partial charge in [0.2, 0.25) is 0 Å². The van der Waals surface area contributed by atoms with E-state index in [4.69, 9.17) is 0 Å². The molecule has 10 heteroatoms. The highest BCUT2D eigenvalue weighted by atomic mass is 32.2. The number of hydrogen-bond donors (Lipinski definition) is 0. The van der Waals surface area contributed by atoms with Crippen molar-refractivity contribution in [2.24, 2.45) is 0 Å². The molecule has 0 radical (unpaired) electrons. The molecule has 0 aliphatic heterocycles. The first kappa shape index (κ1) is 26.8. The van der Waals surface area contributed by atoms with Gasteiger partial charge in [0.15, 0.2) is 0 Å². The van der Waals surface area contributed by atoms with Crippen molar-refractivity contribution in [3.05, 3.63) is 68.8 Å². The number of nitrogens with zero attached hydrogens (tertiary/aromatic N) is 2. The van der Waals surface area contributed by atoms with Crippen molar-refractivity contribution in [2.75, 3.05) is 11.5 Å². The summed E-state index contributed by atoms with van der Waals surface area (Å²) in [5, 5.41) is 21.7. The van der Waals surface area contributed by atoms with E-state index in [1.807, 2.05) is 0 Å². The van der Waals surface area contributed by atoms with Crippen LogP contribution in [0, 0.1) is 20.2 Å². The molecule has 0 N–H and O–H groups in total.